The number of hydrogen-bond acceptors (Lipinski definition) is 4. The molecule has 1 amide bonds. The van der Waals surface area contributed by atoms with Gasteiger partial charge in [0.05, 0.1) is 11.9 Å². The fraction of sp³-hybridized carbons (Fsp3) is 0.652. The van der Waals surface area contributed by atoms with E-state index in [2.05, 4.69) is 39.5 Å². The van der Waals surface area contributed by atoms with E-state index in [1.165, 1.54) is 18.5 Å². The second-order valence-electron chi connectivity index (χ2n) is 8.95. The van der Waals surface area contributed by atoms with Crippen LogP contribution in [0.3, 0.4) is 0 Å². The average molecular weight is 413 g/mol. The minimum absolute atomic E-state index is 0.0285. The van der Waals surface area contributed by atoms with Gasteiger partial charge in [-0.3, -0.25) is 9.48 Å². The van der Waals surface area contributed by atoms with E-state index in [4.69, 9.17) is 0 Å². The van der Waals surface area contributed by atoms with Crippen molar-refractivity contribution < 1.29 is 4.79 Å². The highest BCUT2D eigenvalue weighted by Gasteiger charge is 2.34. The van der Waals surface area contributed by atoms with Gasteiger partial charge in [0, 0.05) is 37.9 Å². The molecule has 3 atom stereocenters. The topological polar surface area (TPSA) is 75.9 Å². The van der Waals surface area contributed by atoms with Gasteiger partial charge < -0.3 is 20.5 Å². The summed E-state index contributed by atoms with van der Waals surface area (Å²) >= 11 is 0. The maximum absolute atomic E-state index is 13.4. The molecule has 2 aromatic rings. The lowest BCUT2D eigenvalue weighted by atomic mass is 9.77. The summed E-state index contributed by atoms with van der Waals surface area (Å²) < 4.78 is 3.97. The third-order valence-corrected chi connectivity index (χ3v) is 7.10. The second-order valence-corrected chi connectivity index (χ2v) is 8.95. The molecule has 0 bridgehead atoms. The van der Waals surface area contributed by atoms with Crippen molar-refractivity contribution in [1.29, 1.82) is 0 Å². The van der Waals surface area contributed by atoms with Gasteiger partial charge in [-0.05, 0) is 75.7 Å². The van der Waals surface area contributed by atoms with E-state index in [0.29, 0.717) is 11.8 Å². The van der Waals surface area contributed by atoms with E-state index in [9.17, 15) is 4.79 Å². The zero-order valence-electron chi connectivity index (χ0n) is 18.8. The summed E-state index contributed by atoms with van der Waals surface area (Å²) in [6, 6.07) is 2.23. The Morgan fingerprint density at radius 2 is 2.03 bits per heavy atom. The predicted molar refractivity (Wildman–Crippen MR) is 120 cm³/mol. The number of piperidine rings is 2. The van der Waals surface area contributed by atoms with Crippen LogP contribution >= 0.6 is 0 Å². The molecule has 0 radical (unpaired) electrons. The van der Waals surface area contributed by atoms with Crippen molar-refractivity contribution in [1.82, 2.24) is 30.3 Å². The summed E-state index contributed by atoms with van der Waals surface area (Å²) in [4.78, 5) is 13.4. The molecule has 3 N–H and O–H groups in total. The van der Waals surface area contributed by atoms with Gasteiger partial charge in [0.25, 0.3) is 5.91 Å². The standard InChI is InChI=1S/C23H36N6O/c1-5-20-18(22-15(2)12-26-29(22)4)11-21(28(20)3)23(30)27-19-14-25-10-8-17(19)16-7-6-9-24-13-16/h11-12,16-17,19,24-25H,5-10,13-14H2,1-4H3,(H,27,30)/t16?,17?,19-/m0/s1. The maximum Gasteiger partial charge on any atom is 0.268 e. The number of carbonyl (C=O) groups is 1. The summed E-state index contributed by atoms with van der Waals surface area (Å²) in [5, 5.41) is 14.8. The van der Waals surface area contributed by atoms with Gasteiger partial charge >= 0.3 is 0 Å². The zero-order valence-corrected chi connectivity index (χ0v) is 18.8. The first-order valence-electron chi connectivity index (χ1n) is 11.4. The fourth-order valence-corrected chi connectivity index (χ4v) is 5.52. The number of rotatable bonds is 5. The molecule has 7 heteroatoms. The van der Waals surface area contributed by atoms with Gasteiger partial charge in [0.15, 0.2) is 0 Å². The molecular formula is C23H36N6O. The van der Waals surface area contributed by atoms with Crippen LogP contribution in [0.4, 0.5) is 0 Å². The van der Waals surface area contributed by atoms with Crippen LogP contribution in [0.15, 0.2) is 12.3 Å². The van der Waals surface area contributed by atoms with E-state index >= 15 is 0 Å². The quantitative estimate of drug-likeness (QED) is 0.702. The third-order valence-electron chi connectivity index (χ3n) is 7.10. The Kier molecular flexibility index (Phi) is 6.29. The van der Waals surface area contributed by atoms with E-state index in [1.54, 1.807) is 0 Å². The number of amides is 1. The van der Waals surface area contributed by atoms with Gasteiger partial charge in [-0.1, -0.05) is 6.92 Å². The number of nitrogens with one attached hydrogen (secondary N) is 3. The molecule has 0 saturated carbocycles. The molecule has 2 aromatic heterocycles. The van der Waals surface area contributed by atoms with Crippen LogP contribution in [-0.4, -0.2) is 52.5 Å². The highest BCUT2D eigenvalue weighted by molar-refractivity contribution is 5.95. The molecule has 2 saturated heterocycles. The Labute approximate surface area is 179 Å². The Hall–Kier alpha value is -2.12. The molecule has 0 spiro atoms. The van der Waals surface area contributed by atoms with Crippen molar-refractivity contribution in [2.75, 3.05) is 26.2 Å². The van der Waals surface area contributed by atoms with Gasteiger partial charge in [-0.15, -0.1) is 0 Å². The molecule has 2 unspecified atom stereocenters. The molecule has 30 heavy (non-hydrogen) atoms. The van der Waals surface area contributed by atoms with Gasteiger partial charge in [0.1, 0.15) is 5.69 Å². The van der Waals surface area contributed by atoms with E-state index in [1.807, 2.05) is 31.0 Å². The number of carbonyl (C=O) groups excluding carboxylic acids is 1. The smallest absolute Gasteiger partial charge is 0.268 e. The Balaban J connectivity index is 1.58. The monoisotopic (exact) mass is 412 g/mol. The molecule has 2 fully saturated rings. The van der Waals surface area contributed by atoms with Crippen molar-refractivity contribution in [3.8, 4) is 11.3 Å². The molecule has 2 aliphatic rings. The van der Waals surface area contributed by atoms with Crippen LogP contribution < -0.4 is 16.0 Å². The van der Waals surface area contributed by atoms with Crippen molar-refractivity contribution in [2.45, 2.75) is 45.6 Å². The van der Waals surface area contributed by atoms with Crippen LogP contribution in [0.5, 0.6) is 0 Å². The SMILES string of the molecule is CCc1c(-c2c(C)cnn2C)cc(C(=O)N[C@H]2CNCCC2C2CCCNC2)n1C. The summed E-state index contributed by atoms with van der Waals surface area (Å²) in [5.41, 5.74) is 5.23. The first kappa shape index (κ1) is 21.1. The fourth-order valence-electron chi connectivity index (χ4n) is 5.52. The molecule has 0 aromatic carbocycles. The summed E-state index contributed by atoms with van der Waals surface area (Å²) in [7, 11) is 3.97. The lowest BCUT2D eigenvalue weighted by Gasteiger charge is -2.39. The molecule has 4 rings (SSSR count). The molecular weight excluding hydrogens is 376 g/mol. The first-order valence-corrected chi connectivity index (χ1v) is 11.4. The molecule has 0 aliphatic carbocycles. The van der Waals surface area contributed by atoms with Crippen LogP contribution in [0.2, 0.25) is 0 Å². The van der Waals surface area contributed by atoms with Crippen LogP contribution in [0, 0.1) is 18.8 Å². The molecule has 164 valence electrons. The summed E-state index contributed by atoms with van der Waals surface area (Å²) in [6.07, 6.45) is 6.38. The van der Waals surface area contributed by atoms with Crippen molar-refractivity contribution in [2.24, 2.45) is 25.9 Å². The normalized spacial score (nSPS) is 24.7. The molecule has 7 nitrogen and oxygen atoms in total. The summed E-state index contributed by atoms with van der Waals surface area (Å²) in [5.74, 6) is 1.21. The first-order chi connectivity index (χ1) is 14.5. The third kappa shape index (κ3) is 3.93. The zero-order chi connectivity index (χ0) is 21.3. The Bertz CT molecular complexity index is 872. The average Bonchev–Trinajstić information content (AvgIpc) is 3.26. The van der Waals surface area contributed by atoms with Gasteiger partial charge in [0.2, 0.25) is 0 Å². The number of aromatic nitrogens is 3. The van der Waals surface area contributed by atoms with E-state index < -0.39 is 0 Å². The van der Waals surface area contributed by atoms with Crippen molar-refractivity contribution in [3.05, 3.63) is 29.2 Å². The molecule has 2 aliphatic heterocycles. The Morgan fingerprint density at radius 1 is 1.23 bits per heavy atom. The van der Waals surface area contributed by atoms with Crippen molar-refractivity contribution >= 4 is 5.91 Å². The highest BCUT2D eigenvalue weighted by atomic mass is 16.2. The number of aryl methyl sites for hydroxylation is 2. The van der Waals surface area contributed by atoms with Crippen LogP contribution in [0.1, 0.15) is 47.9 Å². The molecule has 4 heterocycles. The minimum atomic E-state index is 0.0285. The van der Waals surface area contributed by atoms with Crippen LogP contribution in [-0.2, 0) is 20.5 Å². The van der Waals surface area contributed by atoms with Gasteiger partial charge in [-0.25, -0.2) is 0 Å². The van der Waals surface area contributed by atoms with Crippen LogP contribution in [0.25, 0.3) is 11.3 Å². The summed E-state index contributed by atoms with van der Waals surface area (Å²) in [6.45, 7) is 8.31. The highest BCUT2D eigenvalue weighted by Crippen LogP contribution is 2.31. The van der Waals surface area contributed by atoms with E-state index in [0.717, 1.165) is 61.5 Å². The lowest BCUT2D eigenvalue weighted by Crippen LogP contribution is -2.55. The number of nitrogens with zero attached hydrogens (tertiary/aromatic N) is 3. The number of hydrogen-bond donors (Lipinski definition) is 3. The Morgan fingerprint density at radius 3 is 2.70 bits per heavy atom. The second kappa shape index (κ2) is 8.94. The van der Waals surface area contributed by atoms with E-state index in [-0.39, 0.29) is 11.9 Å². The van der Waals surface area contributed by atoms with Crippen molar-refractivity contribution in [3.63, 3.8) is 0 Å². The predicted octanol–water partition coefficient (Wildman–Crippen LogP) is 2.00. The largest absolute Gasteiger partial charge is 0.346 e. The lowest BCUT2D eigenvalue weighted by molar-refractivity contribution is 0.0870. The minimum Gasteiger partial charge on any atom is -0.346 e. The van der Waals surface area contributed by atoms with Gasteiger partial charge in [-0.2, -0.15) is 5.10 Å². The maximum atomic E-state index is 13.4.